The summed E-state index contributed by atoms with van der Waals surface area (Å²) < 4.78 is 21.8. The van der Waals surface area contributed by atoms with E-state index >= 15 is 0 Å². The van der Waals surface area contributed by atoms with Crippen LogP contribution in [0.25, 0.3) is 17.3 Å². The fourth-order valence-electron chi connectivity index (χ4n) is 3.81. The highest BCUT2D eigenvalue weighted by Gasteiger charge is 2.24. The molecule has 3 aromatic heterocycles. The molecule has 176 valence electrons. The van der Waals surface area contributed by atoms with Crippen molar-refractivity contribution in [2.24, 2.45) is 0 Å². The third kappa shape index (κ3) is 4.63. The molecule has 4 aromatic rings. The van der Waals surface area contributed by atoms with E-state index < -0.39 is 0 Å². The second-order valence-electron chi connectivity index (χ2n) is 7.71. The summed E-state index contributed by atoms with van der Waals surface area (Å²) in [5.41, 5.74) is 0.806. The number of hydrogen-bond acceptors (Lipinski definition) is 8. The average Bonchev–Trinajstić information content (AvgIpc) is 3.63. The maximum atomic E-state index is 14.7. The number of amides is 1. The van der Waals surface area contributed by atoms with Gasteiger partial charge in [-0.1, -0.05) is 30.8 Å². The quantitative estimate of drug-likeness (QED) is 0.354. The van der Waals surface area contributed by atoms with Crippen LogP contribution in [0.1, 0.15) is 22.4 Å². The fourth-order valence-corrected chi connectivity index (χ4v) is 5.54. The number of thioether (sulfide) groups is 1. The first-order chi connectivity index (χ1) is 16.6. The van der Waals surface area contributed by atoms with Crippen molar-refractivity contribution < 1.29 is 13.6 Å². The Morgan fingerprint density at radius 3 is 2.71 bits per heavy atom. The minimum atomic E-state index is -0.387. The Balaban J connectivity index is 1.33. The molecule has 0 aliphatic carbocycles. The Morgan fingerprint density at radius 1 is 1.15 bits per heavy atom. The molecule has 8 nitrogen and oxygen atoms in total. The van der Waals surface area contributed by atoms with E-state index in [1.807, 2.05) is 4.90 Å². The molecule has 0 saturated carbocycles. The van der Waals surface area contributed by atoms with Crippen LogP contribution in [0.15, 0.2) is 57.6 Å². The highest BCUT2D eigenvalue weighted by Crippen LogP contribution is 2.31. The van der Waals surface area contributed by atoms with Gasteiger partial charge in [-0.15, -0.1) is 21.5 Å². The molecule has 0 atom stereocenters. The lowest BCUT2D eigenvalue weighted by molar-refractivity contribution is 0.0638. The van der Waals surface area contributed by atoms with Gasteiger partial charge in [-0.25, -0.2) is 9.37 Å². The summed E-state index contributed by atoms with van der Waals surface area (Å²) in [7, 11) is 0. The number of furan rings is 1. The molecule has 11 heteroatoms. The highest BCUT2D eigenvalue weighted by molar-refractivity contribution is 7.98. The van der Waals surface area contributed by atoms with Crippen molar-refractivity contribution in [3.05, 3.63) is 64.6 Å². The summed E-state index contributed by atoms with van der Waals surface area (Å²) in [4.78, 5) is 21.6. The Bertz CT molecular complexity index is 1260. The molecule has 5 rings (SSSR count). The van der Waals surface area contributed by atoms with Crippen LogP contribution in [0, 0.1) is 5.82 Å². The smallest absolute Gasteiger partial charge is 0.273 e. The number of benzene rings is 1. The molecule has 0 N–H and O–H groups in total. The van der Waals surface area contributed by atoms with Crippen LogP contribution in [0.4, 0.5) is 4.39 Å². The summed E-state index contributed by atoms with van der Waals surface area (Å²) in [5.74, 6) is 0.971. The van der Waals surface area contributed by atoms with Gasteiger partial charge in [-0.3, -0.25) is 9.36 Å². The van der Waals surface area contributed by atoms with Gasteiger partial charge in [0.15, 0.2) is 10.9 Å². The third-order valence-corrected chi connectivity index (χ3v) is 7.64. The van der Waals surface area contributed by atoms with E-state index in [0.29, 0.717) is 33.9 Å². The van der Waals surface area contributed by atoms with Crippen LogP contribution in [-0.2, 0) is 5.75 Å². The number of carbonyl (C=O) groups is 1. The number of piperazine rings is 1. The van der Waals surface area contributed by atoms with Crippen LogP contribution >= 0.6 is 23.1 Å². The van der Waals surface area contributed by atoms with Crippen LogP contribution < -0.4 is 0 Å². The lowest BCUT2D eigenvalue weighted by Gasteiger charge is -2.33. The minimum Gasteiger partial charge on any atom is -0.461 e. The second-order valence-corrected chi connectivity index (χ2v) is 9.60. The molecule has 1 saturated heterocycles. The van der Waals surface area contributed by atoms with E-state index in [1.54, 1.807) is 46.5 Å². The standard InChI is InChI=1S/C23H23FN6O2S2/c1-2-28-9-11-29(12-10-28)22(31)17-14-33-20(25-17)15-34-23-27-26-21(19-8-5-13-32-19)30(23)18-7-4-3-6-16(18)24/h3-8,13-14H,2,9-12,15H2,1H3. The predicted molar refractivity (Wildman–Crippen MR) is 129 cm³/mol. The molecule has 1 amide bonds. The maximum Gasteiger partial charge on any atom is 0.273 e. The minimum absolute atomic E-state index is 0.0297. The number of likely N-dealkylation sites (N-methyl/N-ethyl adjacent to an activating group) is 1. The highest BCUT2D eigenvalue weighted by atomic mass is 32.2. The fraction of sp³-hybridized carbons (Fsp3) is 0.304. The lowest BCUT2D eigenvalue weighted by atomic mass is 10.3. The van der Waals surface area contributed by atoms with Crippen molar-refractivity contribution in [3.8, 4) is 17.3 Å². The monoisotopic (exact) mass is 498 g/mol. The number of hydrogen-bond donors (Lipinski definition) is 0. The Hall–Kier alpha value is -3.02. The molecule has 0 spiro atoms. The molecule has 34 heavy (non-hydrogen) atoms. The third-order valence-electron chi connectivity index (χ3n) is 5.67. The number of para-hydroxylation sites is 1. The largest absolute Gasteiger partial charge is 0.461 e. The molecule has 0 unspecified atom stereocenters. The Kier molecular flexibility index (Phi) is 6.75. The number of thiazole rings is 1. The Morgan fingerprint density at radius 2 is 1.97 bits per heavy atom. The number of rotatable bonds is 7. The number of aromatic nitrogens is 4. The van der Waals surface area contributed by atoms with Gasteiger partial charge in [0.25, 0.3) is 5.91 Å². The molecule has 0 radical (unpaired) electrons. The van der Waals surface area contributed by atoms with Gasteiger partial charge >= 0.3 is 0 Å². The van der Waals surface area contributed by atoms with Crippen molar-refractivity contribution in [2.75, 3.05) is 32.7 Å². The van der Waals surface area contributed by atoms with E-state index in [9.17, 15) is 9.18 Å². The van der Waals surface area contributed by atoms with Crippen LogP contribution in [-0.4, -0.2) is 68.2 Å². The van der Waals surface area contributed by atoms with Crippen LogP contribution in [0.2, 0.25) is 0 Å². The van der Waals surface area contributed by atoms with Gasteiger partial charge in [-0.2, -0.15) is 0 Å². The zero-order chi connectivity index (χ0) is 23.5. The molecule has 1 aliphatic heterocycles. The van der Waals surface area contributed by atoms with E-state index in [1.165, 1.54) is 29.2 Å². The predicted octanol–water partition coefficient (Wildman–Crippen LogP) is 4.19. The van der Waals surface area contributed by atoms with Gasteiger partial charge in [0, 0.05) is 31.6 Å². The molecule has 1 aliphatic rings. The molecule has 4 heterocycles. The van der Waals surface area contributed by atoms with Gasteiger partial charge in [0.05, 0.1) is 17.7 Å². The van der Waals surface area contributed by atoms with Crippen LogP contribution in [0.3, 0.4) is 0 Å². The van der Waals surface area contributed by atoms with E-state index in [2.05, 4.69) is 27.0 Å². The van der Waals surface area contributed by atoms with Gasteiger partial charge in [-0.05, 0) is 30.8 Å². The first-order valence-electron chi connectivity index (χ1n) is 11.0. The van der Waals surface area contributed by atoms with Crippen molar-refractivity contribution in [1.82, 2.24) is 29.5 Å². The normalized spacial score (nSPS) is 14.6. The summed E-state index contributed by atoms with van der Waals surface area (Å²) in [5, 5.41) is 11.6. The zero-order valence-corrected chi connectivity index (χ0v) is 20.2. The molecule has 1 fully saturated rings. The molecular formula is C23H23FN6O2S2. The number of nitrogens with zero attached hydrogens (tertiary/aromatic N) is 6. The van der Waals surface area contributed by atoms with Crippen molar-refractivity contribution in [2.45, 2.75) is 17.8 Å². The lowest BCUT2D eigenvalue weighted by Crippen LogP contribution is -2.48. The van der Waals surface area contributed by atoms with Gasteiger partial charge < -0.3 is 14.2 Å². The van der Waals surface area contributed by atoms with E-state index in [4.69, 9.17) is 4.42 Å². The maximum absolute atomic E-state index is 14.7. The topological polar surface area (TPSA) is 80.3 Å². The summed E-state index contributed by atoms with van der Waals surface area (Å²) in [6.45, 7) is 6.34. The van der Waals surface area contributed by atoms with Gasteiger partial charge in [0.1, 0.15) is 16.5 Å². The van der Waals surface area contributed by atoms with E-state index in [0.717, 1.165) is 37.7 Å². The van der Waals surface area contributed by atoms with Crippen molar-refractivity contribution in [3.63, 3.8) is 0 Å². The molecular weight excluding hydrogens is 475 g/mol. The molecule has 0 bridgehead atoms. The van der Waals surface area contributed by atoms with Crippen molar-refractivity contribution in [1.29, 1.82) is 0 Å². The second kappa shape index (κ2) is 10.1. The van der Waals surface area contributed by atoms with Crippen molar-refractivity contribution >= 4 is 29.0 Å². The van der Waals surface area contributed by atoms with Gasteiger partial charge in [0.2, 0.25) is 5.82 Å². The van der Waals surface area contributed by atoms with Crippen LogP contribution in [0.5, 0.6) is 0 Å². The first-order valence-corrected chi connectivity index (χ1v) is 12.8. The van der Waals surface area contributed by atoms with E-state index in [-0.39, 0.29) is 11.7 Å². The first kappa shape index (κ1) is 22.8. The molecule has 1 aromatic carbocycles. The Labute approximate surface area is 204 Å². The summed E-state index contributed by atoms with van der Waals surface area (Å²) >= 11 is 2.82. The zero-order valence-electron chi connectivity index (χ0n) is 18.6. The summed E-state index contributed by atoms with van der Waals surface area (Å²) in [6.07, 6.45) is 1.54. The average molecular weight is 499 g/mol. The summed E-state index contributed by atoms with van der Waals surface area (Å²) in [6, 6.07) is 9.98. The SMILES string of the molecule is CCN1CCN(C(=O)c2csc(CSc3nnc(-c4ccco4)n3-c3ccccc3F)n2)CC1. The number of carbonyl (C=O) groups excluding carboxylic acids is 1. The number of halogens is 1.